The van der Waals surface area contributed by atoms with E-state index in [0.29, 0.717) is 0 Å². The molecule has 1 N–H and O–H groups in total. The molecular weight excluding hydrogens is 359 g/mol. The third-order valence-electron chi connectivity index (χ3n) is 5.43. The van der Waals surface area contributed by atoms with E-state index < -0.39 is 23.6 Å². The summed E-state index contributed by atoms with van der Waals surface area (Å²) in [5.41, 5.74) is 2.50. The zero-order chi connectivity index (χ0) is 20.4. The molecule has 0 atom stereocenters. The molecule has 0 radical (unpaired) electrons. The second-order valence-corrected chi connectivity index (χ2v) is 7.49. The number of amides is 1. The highest BCUT2D eigenvalue weighted by atomic mass is 19.4. The summed E-state index contributed by atoms with van der Waals surface area (Å²) < 4.78 is 43.6. The SMILES string of the molecule is COC(=O)C1(NC(=O)Cc2c(C)cc(C)cc2C)CCC(C(F)(F)F)CC1. The van der Waals surface area contributed by atoms with Crippen LogP contribution in [0.5, 0.6) is 0 Å². The third-order valence-corrected chi connectivity index (χ3v) is 5.43. The fourth-order valence-corrected chi connectivity index (χ4v) is 3.97. The van der Waals surface area contributed by atoms with Gasteiger partial charge in [-0.2, -0.15) is 13.2 Å². The van der Waals surface area contributed by atoms with Crippen LogP contribution < -0.4 is 5.32 Å². The number of ether oxygens (including phenoxy) is 1. The number of carbonyl (C=O) groups is 2. The fraction of sp³-hybridized carbons (Fsp3) is 0.600. The van der Waals surface area contributed by atoms with Crippen LogP contribution in [0.2, 0.25) is 0 Å². The first-order valence-electron chi connectivity index (χ1n) is 9.01. The van der Waals surface area contributed by atoms with E-state index in [1.807, 2.05) is 32.9 Å². The van der Waals surface area contributed by atoms with Gasteiger partial charge in [-0.05, 0) is 63.1 Å². The zero-order valence-corrected chi connectivity index (χ0v) is 16.1. The van der Waals surface area contributed by atoms with Crippen LogP contribution >= 0.6 is 0 Å². The summed E-state index contributed by atoms with van der Waals surface area (Å²) in [7, 11) is 1.18. The Morgan fingerprint density at radius 2 is 1.67 bits per heavy atom. The van der Waals surface area contributed by atoms with Crippen LogP contribution in [0, 0.1) is 26.7 Å². The van der Waals surface area contributed by atoms with Crippen LogP contribution in [-0.4, -0.2) is 30.7 Å². The van der Waals surface area contributed by atoms with Gasteiger partial charge in [0.2, 0.25) is 5.91 Å². The molecule has 1 aliphatic rings. The van der Waals surface area contributed by atoms with Gasteiger partial charge in [-0.1, -0.05) is 17.7 Å². The number of hydrogen-bond donors (Lipinski definition) is 1. The lowest BCUT2D eigenvalue weighted by atomic mass is 9.76. The summed E-state index contributed by atoms with van der Waals surface area (Å²) in [4.78, 5) is 24.9. The number of nitrogens with one attached hydrogen (secondary N) is 1. The molecule has 150 valence electrons. The van der Waals surface area contributed by atoms with E-state index in [9.17, 15) is 22.8 Å². The predicted molar refractivity (Wildman–Crippen MR) is 95.3 cm³/mol. The second kappa shape index (κ2) is 7.90. The van der Waals surface area contributed by atoms with Crippen molar-refractivity contribution in [1.82, 2.24) is 5.32 Å². The van der Waals surface area contributed by atoms with Crippen molar-refractivity contribution < 1.29 is 27.5 Å². The Hall–Kier alpha value is -2.05. The lowest BCUT2D eigenvalue weighted by molar-refractivity contribution is -0.188. The molecule has 1 saturated carbocycles. The molecule has 1 amide bonds. The maximum Gasteiger partial charge on any atom is 0.391 e. The molecule has 1 aromatic rings. The van der Waals surface area contributed by atoms with Gasteiger partial charge in [0.1, 0.15) is 5.54 Å². The van der Waals surface area contributed by atoms with Crippen molar-refractivity contribution in [3.05, 3.63) is 34.4 Å². The van der Waals surface area contributed by atoms with Crippen molar-refractivity contribution in [3.8, 4) is 0 Å². The molecule has 0 unspecified atom stereocenters. The minimum Gasteiger partial charge on any atom is -0.467 e. The molecule has 1 fully saturated rings. The molecule has 2 rings (SSSR count). The number of benzene rings is 1. The Bertz CT molecular complexity index is 697. The monoisotopic (exact) mass is 385 g/mol. The highest BCUT2D eigenvalue weighted by molar-refractivity contribution is 5.89. The lowest BCUT2D eigenvalue weighted by Crippen LogP contribution is -2.58. The lowest BCUT2D eigenvalue weighted by Gasteiger charge is -2.38. The Labute approximate surface area is 157 Å². The van der Waals surface area contributed by atoms with Gasteiger partial charge >= 0.3 is 12.1 Å². The molecular formula is C20H26F3NO3. The van der Waals surface area contributed by atoms with E-state index in [0.717, 1.165) is 22.3 Å². The summed E-state index contributed by atoms with van der Waals surface area (Å²) in [6.45, 7) is 5.79. The molecule has 1 aliphatic carbocycles. The largest absolute Gasteiger partial charge is 0.467 e. The first kappa shape index (κ1) is 21.3. The molecule has 0 bridgehead atoms. The van der Waals surface area contributed by atoms with Gasteiger partial charge < -0.3 is 10.1 Å². The summed E-state index contributed by atoms with van der Waals surface area (Å²) in [5, 5.41) is 2.69. The number of hydrogen-bond acceptors (Lipinski definition) is 3. The molecule has 0 spiro atoms. The number of alkyl halides is 3. The van der Waals surface area contributed by atoms with Gasteiger partial charge in [0, 0.05) is 0 Å². The molecule has 1 aromatic carbocycles. The average molecular weight is 385 g/mol. The van der Waals surface area contributed by atoms with E-state index in [-0.39, 0.29) is 38.0 Å². The smallest absolute Gasteiger partial charge is 0.391 e. The minimum atomic E-state index is -4.29. The standard InChI is InChI=1S/C20H26F3NO3/c1-12-9-13(2)16(14(3)10-12)11-17(25)24-19(18(26)27-4)7-5-15(6-8-19)20(21,22)23/h9-10,15H,5-8,11H2,1-4H3,(H,24,25). The number of halogens is 3. The van der Waals surface area contributed by atoms with Crippen LogP contribution in [0.1, 0.15) is 47.9 Å². The maximum atomic E-state index is 12.9. The van der Waals surface area contributed by atoms with E-state index >= 15 is 0 Å². The molecule has 0 saturated heterocycles. The van der Waals surface area contributed by atoms with Crippen LogP contribution in [0.4, 0.5) is 13.2 Å². The van der Waals surface area contributed by atoms with Crippen LogP contribution in [-0.2, 0) is 20.7 Å². The minimum absolute atomic E-state index is 0.0688. The van der Waals surface area contributed by atoms with Crippen molar-refractivity contribution in [2.24, 2.45) is 5.92 Å². The van der Waals surface area contributed by atoms with Gasteiger partial charge in [0.05, 0.1) is 19.4 Å². The quantitative estimate of drug-likeness (QED) is 0.799. The topological polar surface area (TPSA) is 55.4 Å². The maximum absolute atomic E-state index is 12.9. The fourth-order valence-electron chi connectivity index (χ4n) is 3.97. The van der Waals surface area contributed by atoms with Gasteiger partial charge in [0.15, 0.2) is 0 Å². The molecule has 27 heavy (non-hydrogen) atoms. The van der Waals surface area contributed by atoms with Crippen molar-refractivity contribution in [2.75, 3.05) is 7.11 Å². The first-order valence-corrected chi connectivity index (χ1v) is 9.01. The molecule has 0 aliphatic heterocycles. The van der Waals surface area contributed by atoms with Crippen LogP contribution in [0.3, 0.4) is 0 Å². The van der Waals surface area contributed by atoms with E-state index in [2.05, 4.69) is 5.32 Å². The number of esters is 1. The number of methoxy groups -OCH3 is 1. The summed E-state index contributed by atoms with van der Waals surface area (Å²) >= 11 is 0. The Kier molecular flexibility index (Phi) is 6.22. The Morgan fingerprint density at radius 1 is 1.15 bits per heavy atom. The molecule has 4 nitrogen and oxygen atoms in total. The first-order chi connectivity index (χ1) is 12.5. The summed E-state index contributed by atoms with van der Waals surface area (Å²) in [6, 6.07) is 3.94. The Balaban J connectivity index is 2.16. The second-order valence-electron chi connectivity index (χ2n) is 7.49. The highest BCUT2D eigenvalue weighted by Gasteiger charge is 2.50. The van der Waals surface area contributed by atoms with Gasteiger partial charge in [-0.25, -0.2) is 4.79 Å². The molecule has 0 heterocycles. The average Bonchev–Trinajstić information content (AvgIpc) is 2.57. The van der Waals surface area contributed by atoms with Crippen LogP contribution in [0.25, 0.3) is 0 Å². The molecule has 7 heteroatoms. The number of rotatable bonds is 4. The van der Waals surface area contributed by atoms with Crippen molar-refractivity contribution in [1.29, 1.82) is 0 Å². The van der Waals surface area contributed by atoms with Crippen molar-refractivity contribution in [3.63, 3.8) is 0 Å². The van der Waals surface area contributed by atoms with E-state index in [1.165, 1.54) is 7.11 Å². The Morgan fingerprint density at radius 3 is 2.11 bits per heavy atom. The van der Waals surface area contributed by atoms with Crippen molar-refractivity contribution in [2.45, 2.75) is 64.6 Å². The van der Waals surface area contributed by atoms with Crippen molar-refractivity contribution >= 4 is 11.9 Å². The van der Waals surface area contributed by atoms with Crippen LogP contribution in [0.15, 0.2) is 12.1 Å². The van der Waals surface area contributed by atoms with E-state index in [4.69, 9.17) is 4.74 Å². The normalized spacial score (nSPS) is 23.0. The van der Waals surface area contributed by atoms with Gasteiger partial charge in [-0.15, -0.1) is 0 Å². The summed E-state index contributed by atoms with van der Waals surface area (Å²) in [6.07, 6.45) is -4.80. The molecule has 0 aromatic heterocycles. The predicted octanol–water partition coefficient (Wildman–Crippen LogP) is 3.93. The van der Waals surface area contributed by atoms with Gasteiger partial charge in [0.25, 0.3) is 0 Å². The highest BCUT2D eigenvalue weighted by Crippen LogP contribution is 2.41. The third kappa shape index (κ3) is 4.82. The van der Waals surface area contributed by atoms with E-state index in [1.54, 1.807) is 0 Å². The number of carbonyl (C=O) groups excluding carboxylic acids is 2. The van der Waals surface area contributed by atoms with Gasteiger partial charge in [-0.3, -0.25) is 4.79 Å². The summed E-state index contributed by atoms with van der Waals surface area (Å²) in [5.74, 6) is -2.52. The number of aryl methyl sites for hydroxylation is 3. The zero-order valence-electron chi connectivity index (χ0n) is 16.1.